The van der Waals surface area contributed by atoms with Gasteiger partial charge in [-0.15, -0.1) is 0 Å². The minimum Gasteiger partial charge on any atom is -0.496 e. The molecule has 0 amide bonds. The van der Waals surface area contributed by atoms with Gasteiger partial charge in [0.05, 0.1) is 7.11 Å². The number of nitrogens with one attached hydrogen (secondary N) is 1. The molecule has 116 valence electrons. The lowest BCUT2D eigenvalue weighted by Crippen LogP contribution is -2.46. The van der Waals surface area contributed by atoms with Crippen LogP contribution < -0.4 is 10.1 Å². The molecule has 1 aliphatic heterocycles. The molecule has 2 aliphatic rings. The van der Waals surface area contributed by atoms with Gasteiger partial charge in [-0.3, -0.25) is 9.80 Å². The van der Waals surface area contributed by atoms with Crippen molar-refractivity contribution in [3.8, 4) is 5.75 Å². The lowest BCUT2D eigenvalue weighted by Gasteiger charge is -2.35. The van der Waals surface area contributed by atoms with Gasteiger partial charge in [-0.25, -0.2) is 0 Å². The van der Waals surface area contributed by atoms with Gasteiger partial charge in [-0.05, 0) is 37.6 Å². The Labute approximate surface area is 128 Å². The maximum absolute atomic E-state index is 5.53. The summed E-state index contributed by atoms with van der Waals surface area (Å²) in [5, 5.41) is 3.22. The molecule has 0 atom stereocenters. The van der Waals surface area contributed by atoms with Crippen LogP contribution in [0, 0.1) is 0 Å². The monoisotopic (exact) mass is 289 g/mol. The van der Waals surface area contributed by atoms with E-state index in [9.17, 15) is 0 Å². The number of hydrogen-bond donors (Lipinski definition) is 1. The maximum Gasteiger partial charge on any atom is 0.123 e. The van der Waals surface area contributed by atoms with E-state index in [0.717, 1.165) is 24.9 Å². The molecule has 0 radical (unpaired) electrons. The fourth-order valence-electron chi connectivity index (χ4n) is 3.24. The third-order valence-electron chi connectivity index (χ3n) is 4.59. The van der Waals surface area contributed by atoms with Crippen LogP contribution in [0.25, 0.3) is 0 Å². The van der Waals surface area contributed by atoms with Gasteiger partial charge in [0.25, 0.3) is 0 Å². The summed E-state index contributed by atoms with van der Waals surface area (Å²) < 4.78 is 5.53. The Kier molecular flexibility index (Phi) is 4.78. The summed E-state index contributed by atoms with van der Waals surface area (Å²) in [7, 11) is 3.75. The van der Waals surface area contributed by atoms with Crippen molar-refractivity contribution in [1.82, 2.24) is 15.1 Å². The summed E-state index contributed by atoms with van der Waals surface area (Å²) in [6.45, 7) is 6.71. The van der Waals surface area contributed by atoms with Crippen molar-refractivity contribution in [1.29, 1.82) is 0 Å². The molecular formula is C17H27N3O. The summed E-state index contributed by atoms with van der Waals surface area (Å²) >= 11 is 0. The Hall–Kier alpha value is -1.10. The molecule has 3 rings (SSSR count). The Morgan fingerprint density at radius 1 is 1.19 bits per heavy atom. The third kappa shape index (κ3) is 3.76. The summed E-state index contributed by atoms with van der Waals surface area (Å²) in [5.74, 6) is 1.01. The molecule has 1 saturated carbocycles. The molecule has 4 heteroatoms. The second-order valence-electron chi connectivity index (χ2n) is 6.22. The molecule has 2 fully saturated rings. The number of piperazine rings is 1. The van der Waals surface area contributed by atoms with Gasteiger partial charge < -0.3 is 10.1 Å². The molecule has 1 heterocycles. The predicted octanol–water partition coefficient (Wildman–Crippen LogP) is 1.69. The van der Waals surface area contributed by atoms with Gasteiger partial charge in [0.2, 0.25) is 0 Å². The van der Waals surface area contributed by atoms with Crippen LogP contribution in [0.15, 0.2) is 18.2 Å². The molecule has 1 aromatic rings. The first-order valence-corrected chi connectivity index (χ1v) is 8.07. The molecule has 0 spiro atoms. The van der Waals surface area contributed by atoms with Crippen molar-refractivity contribution in [2.75, 3.05) is 40.3 Å². The van der Waals surface area contributed by atoms with E-state index in [0.29, 0.717) is 0 Å². The minimum atomic E-state index is 0.903. The number of nitrogens with zero attached hydrogens (tertiary/aromatic N) is 2. The third-order valence-corrected chi connectivity index (χ3v) is 4.59. The molecule has 0 unspecified atom stereocenters. The lowest BCUT2D eigenvalue weighted by atomic mass is 10.1. The van der Waals surface area contributed by atoms with E-state index in [1.54, 1.807) is 7.11 Å². The SMILES string of the molecule is CNCc1ccc(OC)c(CN2CCN(C3CC3)CC2)c1. The highest BCUT2D eigenvalue weighted by Gasteiger charge is 2.31. The average molecular weight is 289 g/mol. The van der Waals surface area contributed by atoms with E-state index in [-0.39, 0.29) is 0 Å². The topological polar surface area (TPSA) is 27.7 Å². The van der Waals surface area contributed by atoms with Crippen LogP contribution >= 0.6 is 0 Å². The Bertz CT molecular complexity index is 465. The van der Waals surface area contributed by atoms with Crippen molar-refractivity contribution >= 4 is 0 Å². The van der Waals surface area contributed by atoms with E-state index >= 15 is 0 Å². The van der Waals surface area contributed by atoms with Crippen LogP contribution in [0.5, 0.6) is 5.75 Å². The molecular weight excluding hydrogens is 262 g/mol. The van der Waals surface area contributed by atoms with Crippen molar-refractivity contribution in [2.45, 2.75) is 32.0 Å². The quantitative estimate of drug-likeness (QED) is 0.862. The molecule has 0 aromatic heterocycles. The molecule has 1 aliphatic carbocycles. The Balaban J connectivity index is 1.61. The van der Waals surface area contributed by atoms with Gasteiger partial charge in [0.15, 0.2) is 0 Å². The summed E-state index contributed by atoms with van der Waals surface area (Å²) in [6.07, 6.45) is 2.83. The van der Waals surface area contributed by atoms with Crippen molar-refractivity contribution < 1.29 is 4.74 Å². The van der Waals surface area contributed by atoms with Gasteiger partial charge >= 0.3 is 0 Å². The van der Waals surface area contributed by atoms with E-state index in [4.69, 9.17) is 4.74 Å². The number of methoxy groups -OCH3 is 1. The van der Waals surface area contributed by atoms with Crippen LogP contribution in [0.3, 0.4) is 0 Å². The average Bonchev–Trinajstić information content (AvgIpc) is 3.33. The molecule has 1 aromatic carbocycles. The number of rotatable bonds is 6. The van der Waals surface area contributed by atoms with Crippen LogP contribution in [0.1, 0.15) is 24.0 Å². The second-order valence-corrected chi connectivity index (χ2v) is 6.22. The van der Waals surface area contributed by atoms with Crippen molar-refractivity contribution in [3.63, 3.8) is 0 Å². The van der Waals surface area contributed by atoms with Gasteiger partial charge in [-0.1, -0.05) is 6.07 Å². The molecule has 21 heavy (non-hydrogen) atoms. The molecule has 4 nitrogen and oxygen atoms in total. The largest absolute Gasteiger partial charge is 0.496 e. The van der Waals surface area contributed by atoms with E-state index in [2.05, 4.69) is 33.3 Å². The number of ether oxygens (including phenoxy) is 1. The zero-order valence-corrected chi connectivity index (χ0v) is 13.3. The van der Waals surface area contributed by atoms with Crippen molar-refractivity contribution in [2.24, 2.45) is 0 Å². The normalized spacial score (nSPS) is 20.7. The fourth-order valence-corrected chi connectivity index (χ4v) is 3.24. The maximum atomic E-state index is 5.53. The summed E-state index contributed by atoms with van der Waals surface area (Å²) in [4.78, 5) is 5.21. The Morgan fingerprint density at radius 3 is 2.57 bits per heavy atom. The molecule has 0 bridgehead atoms. The van der Waals surface area contributed by atoms with Crippen LogP contribution in [0.2, 0.25) is 0 Å². The first-order valence-electron chi connectivity index (χ1n) is 8.07. The van der Waals surface area contributed by atoms with Gasteiger partial charge in [-0.2, -0.15) is 0 Å². The highest BCUT2D eigenvalue weighted by atomic mass is 16.5. The van der Waals surface area contributed by atoms with Crippen molar-refractivity contribution in [3.05, 3.63) is 29.3 Å². The first-order chi connectivity index (χ1) is 10.3. The second kappa shape index (κ2) is 6.77. The van der Waals surface area contributed by atoms with Crippen LogP contribution in [-0.2, 0) is 13.1 Å². The molecule has 1 saturated heterocycles. The number of hydrogen-bond acceptors (Lipinski definition) is 4. The predicted molar refractivity (Wildman–Crippen MR) is 85.6 cm³/mol. The fraction of sp³-hybridized carbons (Fsp3) is 0.647. The molecule has 1 N–H and O–H groups in total. The van der Waals surface area contributed by atoms with Crippen LogP contribution in [-0.4, -0.2) is 56.2 Å². The summed E-state index contributed by atoms with van der Waals surface area (Å²) in [5.41, 5.74) is 2.63. The number of benzene rings is 1. The highest BCUT2D eigenvalue weighted by molar-refractivity contribution is 5.37. The van der Waals surface area contributed by atoms with Crippen LogP contribution in [0.4, 0.5) is 0 Å². The minimum absolute atomic E-state index is 0.903. The zero-order chi connectivity index (χ0) is 14.7. The smallest absolute Gasteiger partial charge is 0.123 e. The lowest BCUT2D eigenvalue weighted by molar-refractivity contribution is 0.120. The Morgan fingerprint density at radius 2 is 1.95 bits per heavy atom. The van der Waals surface area contributed by atoms with E-state index in [1.807, 2.05) is 7.05 Å². The first kappa shape index (κ1) is 14.8. The zero-order valence-electron chi connectivity index (χ0n) is 13.3. The van der Waals surface area contributed by atoms with Gasteiger partial charge in [0, 0.05) is 50.9 Å². The van der Waals surface area contributed by atoms with E-state index < -0.39 is 0 Å². The van der Waals surface area contributed by atoms with E-state index in [1.165, 1.54) is 50.1 Å². The van der Waals surface area contributed by atoms with Gasteiger partial charge in [0.1, 0.15) is 5.75 Å². The standard InChI is InChI=1S/C17H27N3O/c1-18-12-14-3-6-17(21-2)15(11-14)13-19-7-9-20(10-8-19)16-4-5-16/h3,6,11,16,18H,4-5,7-10,12-13H2,1-2H3. The highest BCUT2D eigenvalue weighted by Crippen LogP contribution is 2.28. The summed E-state index contributed by atoms with van der Waals surface area (Å²) in [6, 6.07) is 7.43.